The molecule has 0 unspecified atom stereocenters. The predicted molar refractivity (Wildman–Crippen MR) is 69.2 cm³/mol. The molecule has 0 aliphatic carbocycles. The maximum Gasteiger partial charge on any atom is 0.322 e. The molecule has 0 aromatic heterocycles. The average Bonchev–Trinajstić information content (AvgIpc) is 2.33. The predicted octanol–water partition coefficient (Wildman–Crippen LogP) is 1.38. The molecule has 1 aromatic rings. The van der Waals surface area contributed by atoms with Crippen molar-refractivity contribution in [3.8, 4) is 6.07 Å². The molecule has 2 amide bonds. The third-order valence-electron chi connectivity index (χ3n) is 3.05. The molecule has 94 valence electrons. The third-order valence-corrected chi connectivity index (χ3v) is 3.05. The van der Waals surface area contributed by atoms with Gasteiger partial charge in [0.25, 0.3) is 0 Å². The van der Waals surface area contributed by atoms with Crippen molar-refractivity contribution in [1.82, 2.24) is 10.2 Å². The lowest BCUT2D eigenvalue weighted by molar-refractivity contribution is 0.165. The molecule has 1 aliphatic rings. The second-order valence-corrected chi connectivity index (χ2v) is 4.22. The van der Waals surface area contributed by atoms with Crippen LogP contribution in [0.15, 0.2) is 24.3 Å². The standard InChI is InChI=1S/C13H16N4O/c1-2-17(12-8-15-9-12)13(18)16-11-5-3-4-10(6-11)7-14/h3-6,12,15H,2,8-9H2,1H3,(H,16,18). The highest BCUT2D eigenvalue weighted by molar-refractivity contribution is 5.89. The Balaban J connectivity index is 2.03. The van der Waals surface area contributed by atoms with Gasteiger partial charge in [0.1, 0.15) is 0 Å². The lowest BCUT2D eigenvalue weighted by atomic mass is 10.1. The first-order chi connectivity index (χ1) is 8.74. The van der Waals surface area contributed by atoms with Gasteiger partial charge >= 0.3 is 6.03 Å². The van der Waals surface area contributed by atoms with E-state index in [1.54, 1.807) is 29.2 Å². The monoisotopic (exact) mass is 244 g/mol. The summed E-state index contributed by atoms with van der Waals surface area (Å²) in [4.78, 5) is 13.9. The van der Waals surface area contributed by atoms with E-state index in [9.17, 15) is 4.79 Å². The van der Waals surface area contributed by atoms with Crippen LogP contribution in [0, 0.1) is 11.3 Å². The lowest BCUT2D eigenvalue weighted by Crippen LogP contribution is -2.59. The summed E-state index contributed by atoms with van der Waals surface area (Å²) in [7, 11) is 0. The second-order valence-electron chi connectivity index (χ2n) is 4.22. The van der Waals surface area contributed by atoms with E-state index in [4.69, 9.17) is 5.26 Å². The van der Waals surface area contributed by atoms with Crippen LogP contribution in [0.5, 0.6) is 0 Å². The SMILES string of the molecule is CCN(C(=O)Nc1cccc(C#N)c1)C1CNC1. The molecule has 0 atom stereocenters. The molecule has 0 saturated carbocycles. The number of urea groups is 1. The first kappa shape index (κ1) is 12.4. The number of carbonyl (C=O) groups excluding carboxylic acids is 1. The fourth-order valence-corrected chi connectivity index (χ4v) is 1.92. The van der Waals surface area contributed by atoms with E-state index in [1.807, 2.05) is 6.92 Å². The van der Waals surface area contributed by atoms with Crippen LogP contribution in [0.1, 0.15) is 12.5 Å². The summed E-state index contributed by atoms with van der Waals surface area (Å²) in [5.41, 5.74) is 1.20. The number of hydrogen-bond donors (Lipinski definition) is 2. The number of nitriles is 1. The third kappa shape index (κ3) is 2.60. The van der Waals surface area contributed by atoms with Gasteiger partial charge in [0.05, 0.1) is 17.7 Å². The van der Waals surface area contributed by atoms with Crippen LogP contribution in [0.3, 0.4) is 0 Å². The van der Waals surface area contributed by atoms with Crippen LogP contribution in [-0.4, -0.2) is 36.6 Å². The molecule has 1 aliphatic heterocycles. The zero-order chi connectivity index (χ0) is 13.0. The van der Waals surface area contributed by atoms with E-state index in [2.05, 4.69) is 16.7 Å². The number of benzene rings is 1. The van der Waals surface area contributed by atoms with Gasteiger partial charge in [-0.1, -0.05) is 6.07 Å². The number of nitrogens with zero attached hydrogens (tertiary/aromatic N) is 2. The summed E-state index contributed by atoms with van der Waals surface area (Å²) < 4.78 is 0. The topological polar surface area (TPSA) is 68.2 Å². The number of amides is 2. The number of rotatable bonds is 3. The highest BCUT2D eigenvalue weighted by Gasteiger charge is 2.27. The van der Waals surface area contributed by atoms with Crippen molar-refractivity contribution in [1.29, 1.82) is 5.26 Å². The van der Waals surface area contributed by atoms with E-state index in [1.165, 1.54) is 0 Å². The van der Waals surface area contributed by atoms with E-state index in [-0.39, 0.29) is 12.1 Å². The van der Waals surface area contributed by atoms with Gasteiger partial charge < -0.3 is 15.5 Å². The smallest absolute Gasteiger partial charge is 0.319 e. The van der Waals surface area contributed by atoms with Crippen LogP contribution in [-0.2, 0) is 0 Å². The van der Waals surface area contributed by atoms with Crippen LogP contribution in [0.4, 0.5) is 10.5 Å². The number of carbonyl (C=O) groups is 1. The van der Waals surface area contributed by atoms with Crippen molar-refractivity contribution >= 4 is 11.7 Å². The minimum atomic E-state index is -0.112. The molecule has 2 rings (SSSR count). The quantitative estimate of drug-likeness (QED) is 0.844. The van der Waals surface area contributed by atoms with Crippen molar-refractivity contribution in [3.05, 3.63) is 29.8 Å². The minimum Gasteiger partial charge on any atom is -0.319 e. The molecule has 18 heavy (non-hydrogen) atoms. The van der Waals surface area contributed by atoms with Crippen molar-refractivity contribution in [2.45, 2.75) is 13.0 Å². The van der Waals surface area contributed by atoms with Crippen molar-refractivity contribution < 1.29 is 4.79 Å². The van der Waals surface area contributed by atoms with Crippen LogP contribution >= 0.6 is 0 Å². The summed E-state index contributed by atoms with van der Waals surface area (Å²) in [5, 5.41) is 14.8. The molecule has 5 heteroatoms. The molecular formula is C13H16N4O. The highest BCUT2D eigenvalue weighted by atomic mass is 16.2. The van der Waals surface area contributed by atoms with E-state index >= 15 is 0 Å². The molecule has 0 spiro atoms. The molecule has 2 N–H and O–H groups in total. The fraction of sp³-hybridized carbons (Fsp3) is 0.385. The number of nitrogens with one attached hydrogen (secondary N) is 2. The first-order valence-corrected chi connectivity index (χ1v) is 6.03. The molecule has 0 bridgehead atoms. The summed E-state index contributed by atoms with van der Waals surface area (Å²) in [6.07, 6.45) is 0. The Morgan fingerprint density at radius 2 is 2.39 bits per heavy atom. The molecule has 5 nitrogen and oxygen atoms in total. The van der Waals surface area contributed by atoms with Gasteiger partial charge in [-0.2, -0.15) is 5.26 Å². The summed E-state index contributed by atoms with van der Waals surface area (Å²) in [6.45, 7) is 4.33. The largest absolute Gasteiger partial charge is 0.322 e. The first-order valence-electron chi connectivity index (χ1n) is 6.03. The average molecular weight is 244 g/mol. The fourth-order valence-electron chi connectivity index (χ4n) is 1.92. The van der Waals surface area contributed by atoms with E-state index in [0.29, 0.717) is 17.8 Å². The Morgan fingerprint density at radius 3 is 2.94 bits per heavy atom. The minimum absolute atomic E-state index is 0.112. The molecule has 1 aromatic carbocycles. The van der Waals surface area contributed by atoms with Gasteiger partial charge in [-0.15, -0.1) is 0 Å². The molecule has 1 heterocycles. The van der Waals surface area contributed by atoms with Crippen molar-refractivity contribution in [2.24, 2.45) is 0 Å². The number of anilines is 1. The van der Waals surface area contributed by atoms with Crippen molar-refractivity contribution in [3.63, 3.8) is 0 Å². The Labute approximate surface area is 106 Å². The van der Waals surface area contributed by atoms with Gasteiger partial charge in [0, 0.05) is 25.3 Å². The molecular weight excluding hydrogens is 228 g/mol. The lowest BCUT2D eigenvalue weighted by Gasteiger charge is -2.37. The van der Waals surface area contributed by atoms with E-state index in [0.717, 1.165) is 13.1 Å². The van der Waals surface area contributed by atoms with Gasteiger partial charge in [0.15, 0.2) is 0 Å². The van der Waals surface area contributed by atoms with Crippen molar-refractivity contribution in [2.75, 3.05) is 25.0 Å². The van der Waals surface area contributed by atoms with Gasteiger partial charge in [-0.3, -0.25) is 0 Å². The van der Waals surface area contributed by atoms with Gasteiger partial charge in [0.2, 0.25) is 0 Å². The summed E-state index contributed by atoms with van der Waals surface area (Å²) in [6, 6.07) is 9.14. The normalized spacial score (nSPS) is 14.4. The number of likely N-dealkylation sites (N-methyl/N-ethyl adjacent to an activating group) is 1. The maximum absolute atomic E-state index is 12.1. The summed E-state index contributed by atoms with van der Waals surface area (Å²) >= 11 is 0. The zero-order valence-corrected chi connectivity index (χ0v) is 10.3. The number of hydrogen-bond acceptors (Lipinski definition) is 3. The Morgan fingerprint density at radius 1 is 1.61 bits per heavy atom. The Hall–Kier alpha value is -2.06. The van der Waals surface area contributed by atoms with Crippen LogP contribution in [0.2, 0.25) is 0 Å². The van der Waals surface area contributed by atoms with E-state index < -0.39 is 0 Å². The second kappa shape index (κ2) is 5.52. The molecule has 0 radical (unpaired) electrons. The summed E-state index contributed by atoms with van der Waals surface area (Å²) in [5.74, 6) is 0. The molecule has 1 fully saturated rings. The van der Waals surface area contributed by atoms with Crippen LogP contribution < -0.4 is 10.6 Å². The Kier molecular flexibility index (Phi) is 3.80. The van der Waals surface area contributed by atoms with Gasteiger partial charge in [-0.25, -0.2) is 4.79 Å². The van der Waals surface area contributed by atoms with Gasteiger partial charge in [-0.05, 0) is 25.1 Å². The zero-order valence-electron chi connectivity index (χ0n) is 10.3. The van der Waals surface area contributed by atoms with Crippen LogP contribution in [0.25, 0.3) is 0 Å². The Bertz CT molecular complexity index is 476. The molecule has 1 saturated heterocycles. The highest BCUT2D eigenvalue weighted by Crippen LogP contribution is 2.12. The maximum atomic E-state index is 12.1.